The van der Waals surface area contributed by atoms with Crippen LogP contribution in [0.25, 0.3) is 11.2 Å². The first-order valence-corrected chi connectivity index (χ1v) is 11.5. The number of halogens is 1. The van der Waals surface area contributed by atoms with Crippen molar-refractivity contribution in [2.45, 2.75) is 44.6 Å². The van der Waals surface area contributed by atoms with Gasteiger partial charge in [0.25, 0.3) is 5.91 Å². The minimum Gasteiger partial charge on any atom is -0.366 e. The van der Waals surface area contributed by atoms with Crippen LogP contribution in [0.4, 0.5) is 16.0 Å². The summed E-state index contributed by atoms with van der Waals surface area (Å²) < 4.78 is 17.7. The lowest BCUT2D eigenvalue weighted by molar-refractivity contribution is -0.145. The van der Waals surface area contributed by atoms with Crippen LogP contribution in [0.1, 0.15) is 48.0 Å². The van der Waals surface area contributed by atoms with E-state index in [1.165, 1.54) is 12.1 Å². The van der Waals surface area contributed by atoms with Gasteiger partial charge in [-0.15, -0.1) is 0 Å². The van der Waals surface area contributed by atoms with E-state index in [1.54, 1.807) is 29.3 Å². The van der Waals surface area contributed by atoms with Gasteiger partial charge in [-0.2, -0.15) is 4.98 Å². The fraction of sp³-hybridized carbons (Fsp3) is 0.458. The molecule has 4 atom stereocenters. The van der Waals surface area contributed by atoms with Gasteiger partial charge >= 0.3 is 5.69 Å². The van der Waals surface area contributed by atoms with Crippen LogP contribution < -0.4 is 16.7 Å². The van der Waals surface area contributed by atoms with E-state index in [1.807, 2.05) is 0 Å². The highest BCUT2D eigenvalue weighted by molar-refractivity contribution is 5.94. The minimum atomic E-state index is -0.841. The van der Waals surface area contributed by atoms with E-state index in [2.05, 4.69) is 15.3 Å². The third-order valence-corrected chi connectivity index (χ3v) is 8.06. The number of nitrogens with two attached hydrogens (primary N) is 1. The molecule has 3 aromatic rings. The molecule has 0 spiro atoms. The molecule has 4 aliphatic carbocycles. The maximum atomic E-state index is 14.4. The number of hydrogen-bond acceptors (Lipinski definition) is 6. The predicted molar refractivity (Wildman–Crippen MR) is 122 cm³/mol. The van der Waals surface area contributed by atoms with E-state index in [0.29, 0.717) is 47.0 Å². The van der Waals surface area contributed by atoms with E-state index in [0.717, 1.165) is 19.3 Å². The fourth-order valence-electron chi connectivity index (χ4n) is 6.70. The molecule has 3 N–H and O–H groups in total. The molecule has 4 fully saturated rings. The largest absolute Gasteiger partial charge is 0.366 e. The molecular weight excluding hydrogens is 439 g/mol. The molecule has 2 heterocycles. The molecular formula is C24H25FN6O3. The Bertz CT molecular complexity index is 1440. The normalized spacial score (nSPS) is 27.5. The standard InChI is InChI=1S/C24H25FN6O3/c1-11-3-15(20(26)33)16(25)6-17(11)28-22-27-10-18-21(29-22)31(23(34)30(18)2)24-7-12-4-13(8-24)19(32)14(5-12)9-24/h3,6,10,12-14H,4-5,7-9H2,1-2H3,(H2,26,33)(H,27,28,29)/t12?,13-,14?,24?/m1/s1. The molecule has 4 aliphatic rings. The number of fused-ring (bicyclic) bond motifs is 1. The quantitative estimate of drug-likeness (QED) is 0.611. The number of aryl methyl sites for hydroxylation is 2. The van der Waals surface area contributed by atoms with Crippen molar-refractivity contribution < 1.29 is 14.0 Å². The molecule has 176 valence electrons. The molecule has 1 aromatic carbocycles. The number of imidazole rings is 1. The van der Waals surface area contributed by atoms with Gasteiger partial charge in [0, 0.05) is 24.6 Å². The molecule has 0 saturated heterocycles. The average Bonchev–Trinajstić information content (AvgIpc) is 3.03. The van der Waals surface area contributed by atoms with Crippen LogP contribution in [0, 0.1) is 30.5 Å². The summed E-state index contributed by atoms with van der Waals surface area (Å²) in [5.41, 5.74) is 6.57. The number of amides is 1. The first-order valence-electron chi connectivity index (χ1n) is 11.5. The first-order chi connectivity index (χ1) is 16.2. The number of anilines is 2. The third kappa shape index (κ3) is 2.87. The first kappa shape index (κ1) is 21.0. The van der Waals surface area contributed by atoms with E-state index >= 15 is 0 Å². The number of nitrogens with one attached hydrogen (secondary N) is 1. The smallest absolute Gasteiger partial charge is 0.330 e. The van der Waals surface area contributed by atoms with Crippen LogP contribution in [0.15, 0.2) is 23.1 Å². The van der Waals surface area contributed by atoms with E-state index in [9.17, 15) is 18.8 Å². The Balaban J connectivity index is 1.45. The highest BCUT2D eigenvalue weighted by Gasteiger charge is 2.57. The minimum absolute atomic E-state index is 0.0160. The summed E-state index contributed by atoms with van der Waals surface area (Å²) in [6.07, 6.45) is 5.64. The number of ketones is 1. The van der Waals surface area contributed by atoms with Gasteiger partial charge in [-0.05, 0) is 62.6 Å². The lowest BCUT2D eigenvalue weighted by atomic mass is 9.52. The van der Waals surface area contributed by atoms with Crippen molar-refractivity contribution in [2.75, 3.05) is 5.32 Å². The van der Waals surface area contributed by atoms with E-state index in [-0.39, 0.29) is 29.0 Å². The lowest BCUT2D eigenvalue weighted by Crippen LogP contribution is -2.58. The molecule has 10 heteroatoms. The Kier molecular flexibility index (Phi) is 4.31. The summed E-state index contributed by atoms with van der Waals surface area (Å²) in [5, 5.41) is 3.02. The predicted octanol–water partition coefficient (Wildman–Crippen LogP) is 2.52. The summed E-state index contributed by atoms with van der Waals surface area (Å²) in [4.78, 5) is 46.6. The van der Waals surface area contributed by atoms with Crippen molar-refractivity contribution in [3.63, 3.8) is 0 Å². The number of Topliss-reactive ketones (excluding diaryl/α,β-unsaturated/α-hetero) is 1. The Morgan fingerprint density at radius 3 is 2.59 bits per heavy atom. The second-order valence-electron chi connectivity index (χ2n) is 10.2. The Morgan fingerprint density at radius 2 is 1.91 bits per heavy atom. The molecule has 3 unspecified atom stereocenters. The van der Waals surface area contributed by atoms with Gasteiger partial charge in [-0.25, -0.2) is 14.2 Å². The maximum absolute atomic E-state index is 14.4. The summed E-state index contributed by atoms with van der Waals surface area (Å²) in [6.45, 7) is 1.72. The zero-order valence-electron chi connectivity index (χ0n) is 19.0. The highest BCUT2D eigenvalue weighted by atomic mass is 19.1. The number of benzene rings is 1. The molecule has 2 aromatic heterocycles. The second-order valence-corrected chi connectivity index (χ2v) is 10.2. The van der Waals surface area contributed by atoms with Crippen LogP contribution in [0.3, 0.4) is 0 Å². The number of primary amides is 1. The number of aromatic nitrogens is 4. The monoisotopic (exact) mass is 464 g/mol. The van der Waals surface area contributed by atoms with Crippen molar-refractivity contribution in [3.8, 4) is 0 Å². The van der Waals surface area contributed by atoms with Gasteiger partial charge in [0.2, 0.25) is 5.95 Å². The highest BCUT2D eigenvalue weighted by Crippen LogP contribution is 2.57. The molecule has 1 amide bonds. The topological polar surface area (TPSA) is 125 Å². The van der Waals surface area contributed by atoms with Gasteiger partial charge in [-0.1, -0.05) is 0 Å². The molecule has 7 rings (SSSR count). The van der Waals surface area contributed by atoms with Gasteiger partial charge in [0.1, 0.15) is 17.1 Å². The molecule has 4 saturated carbocycles. The number of carbonyl (C=O) groups excluding carboxylic acids is 2. The number of carbonyl (C=O) groups is 2. The van der Waals surface area contributed by atoms with Gasteiger partial charge in [0.05, 0.1) is 17.3 Å². The summed E-state index contributed by atoms with van der Waals surface area (Å²) in [5.74, 6) is -0.532. The Morgan fingerprint density at radius 1 is 1.21 bits per heavy atom. The van der Waals surface area contributed by atoms with Crippen LogP contribution in [0.2, 0.25) is 0 Å². The van der Waals surface area contributed by atoms with Gasteiger partial charge < -0.3 is 11.1 Å². The van der Waals surface area contributed by atoms with Crippen molar-refractivity contribution in [3.05, 3.63) is 45.8 Å². The van der Waals surface area contributed by atoms with Crippen molar-refractivity contribution in [2.24, 2.45) is 30.5 Å². The third-order valence-electron chi connectivity index (χ3n) is 8.06. The maximum Gasteiger partial charge on any atom is 0.330 e. The van der Waals surface area contributed by atoms with Crippen LogP contribution in [-0.2, 0) is 17.4 Å². The fourth-order valence-corrected chi connectivity index (χ4v) is 6.70. The van der Waals surface area contributed by atoms with Crippen LogP contribution in [0.5, 0.6) is 0 Å². The van der Waals surface area contributed by atoms with Crippen LogP contribution in [-0.4, -0.2) is 30.8 Å². The van der Waals surface area contributed by atoms with Crippen molar-refractivity contribution in [1.29, 1.82) is 0 Å². The Hall–Kier alpha value is -3.56. The zero-order chi connectivity index (χ0) is 23.9. The van der Waals surface area contributed by atoms with Gasteiger partial charge in [-0.3, -0.25) is 18.7 Å². The SMILES string of the molecule is Cc1cc(C(N)=O)c(F)cc1Nc1ncc2c(n1)n(C13CC4CC(C1)C(=O)[C@H](C4)C3)c(=O)n2C. The lowest BCUT2D eigenvalue weighted by Gasteiger charge is -2.55. The van der Waals surface area contributed by atoms with Crippen LogP contribution >= 0.6 is 0 Å². The number of nitrogens with zero attached hydrogens (tertiary/aromatic N) is 4. The summed E-state index contributed by atoms with van der Waals surface area (Å²) >= 11 is 0. The van der Waals surface area contributed by atoms with Gasteiger partial charge in [0.15, 0.2) is 5.65 Å². The van der Waals surface area contributed by atoms with Crippen molar-refractivity contribution >= 4 is 34.5 Å². The second kappa shape index (κ2) is 6.97. The number of hydrogen-bond donors (Lipinski definition) is 2. The van der Waals surface area contributed by atoms with E-state index < -0.39 is 17.3 Å². The summed E-state index contributed by atoms with van der Waals surface area (Å²) in [7, 11) is 1.70. The molecule has 34 heavy (non-hydrogen) atoms. The molecule has 4 bridgehead atoms. The zero-order valence-corrected chi connectivity index (χ0v) is 19.0. The average molecular weight is 465 g/mol. The molecule has 0 radical (unpaired) electrons. The van der Waals surface area contributed by atoms with Crippen molar-refractivity contribution in [1.82, 2.24) is 19.1 Å². The molecule has 9 nitrogen and oxygen atoms in total. The van der Waals surface area contributed by atoms with E-state index in [4.69, 9.17) is 5.73 Å². The Labute approximate surface area is 194 Å². The molecule has 0 aliphatic heterocycles. The number of rotatable bonds is 4. The summed E-state index contributed by atoms with van der Waals surface area (Å²) in [6, 6.07) is 2.56.